The first-order valence-electron chi connectivity index (χ1n) is 2.91. The molecule has 0 N–H and O–H groups in total. The Balaban J connectivity index is 2.85. The minimum Gasteiger partial charge on any atom is -0.395 e. The summed E-state index contributed by atoms with van der Waals surface area (Å²) in [6.07, 6.45) is 1.18. The van der Waals surface area contributed by atoms with Crippen molar-refractivity contribution in [2.24, 2.45) is 0 Å². The number of hydrogen-bond donors (Lipinski definition) is 0. The molecule has 0 saturated carbocycles. The SMILES string of the molecule is C[SiH]([O])OCCCC#N. The number of unbranched alkanes of at least 4 members (excludes halogenated alkanes) is 1. The van der Waals surface area contributed by atoms with Gasteiger partial charge in [0.15, 0.2) is 0 Å². The monoisotopic (exact) mass is 144 g/mol. The second-order valence-electron chi connectivity index (χ2n) is 1.70. The molecule has 0 aliphatic heterocycles. The van der Waals surface area contributed by atoms with Crippen molar-refractivity contribution in [1.29, 1.82) is 5.26 Å². The fourth-order valence-corrected chi connectivity index (χ4v) is 0.899. The number of nitriles is 1. The molecule has 0 aromatic rings. The molecule has 3 nitrogen and oxygen atoms in total. The molecule has 0 fully saturated rings. The van der Waals surface area contributed by atoms with E-state index in [1.165, 1.54) is 0 Å². The maximum absolute atomic E-state index is 10.3. The lowest BCUT2D eigenvalue weighted by Crippen LogP contribution is -2.10. The van der Waals surface area contributed by atoms with Crippen LogP contribution in [0.1, 0.15) is 12.8 Å². The Bertz CT molecular complexity index is 99.6. The van der Waals surface area contributed by atoms with Gasteiger partial charge in [-0.15, -0.1) is 0 Å². The lowest BCUT2D eigenvalue weighted by atomic mass is 10.4. The van der Waals surface area contributed by atoms with E-state index in [0.717, 1.165) is 0 Å². The van der Waals surface area contributed by atoms with Crippen LogP contribution in [0.5, 0.6) is 0 Å². The zero-order valence-electron chi connectivity index (χ0n) is 5.46. The summed E-state index contributed by atoms with van der Waals surface area (Å²) in [4.78, 5) is 10.3. The summed E-state index contributed by atoms with van der Waals surface area (Å²) in [5.41, 5.74) is 0. The van der Waals surface area contributed by atoms with Crippen molar-refractivity contribution in [2.75, 3.05) is 6.61 Å². The zero-order chi connectivity index (χ0) is 7.11. The van der Waals surface area contributed by atoms with Crippen LogP contribution in [0.4, 0.5) is 0 Å². The molecule has 0 heterocycles. The topological polar surface area (TPSA) is 52.9 Å². The highest BCUT2D eigenvalue weighted by Gasteiger charge is 1.98. The van der Waals surface area contributed by atoms with Gasteiger partial charge in [-0.1, -0.05) is 0 Å². The summed E-state index contributed by atoms with van der Waals surface area (Å²) in [6, 6.07) is 1.97. The first kappa shape index (κ1) is 8.63. The Morgan fingerprint density at radius 2 is 2.44 bits per heavy atom. The van der Waals surface area contributed by atoms with Gasteiger partial charge in [0.25, 0.3) is 0 Å². The minimum atomic E-state index is -2.07. The van der Waals surface area contributed by atoms with Gasteiger partial charge >= 0.3 is 9.28 Å². The molecule has 1 unspecified atom stereocenters. The smallest absolute Gasteiger partial charge is 0.355 e. The maximum Gasteiger partial charge on any atom is 0.355 e. The maximum atomic E-state index is 10.3. The summed E-state index contributed by atoms with van der Waals surface area (Å²) in [7, 11) is -2.07. The molecule has 9 heavy (non-hydrogen) atoms. The highest BCUT2D eigenvalue weighted by atomic mass is 28.3. The summed E-state index contributed by atoms with van der Waals surface area (Å²) in [5, 5.41) is 8.06. The van der Waals surface area contributed by atoms with Crippen molar-refractivity contribution in [3.05, 3.63) is 0 Å². The fourth-order valence-electron chi connectivity index (χ4n) is 0.401. The fraction of sp³-hybridized carbons (Fsp3) is 0.800. The second kappa shape index (κ2) is 5.76. The Kier molecular flexibility index (Phi) is 5.52. The summed E-state index contributed by atoms with van der Waals surface area (Å²) in [5.74, 6) is 0. The quantitative estimate of drug-likeness (QED) is 0.428. The van der Waals surface area contributed by atoms with E-state index in [-0.39, 0.29) is 0 Å². The van der Waals surface area contributed by atoms with E-state index in [0.29, 0.717) is 19.4 Å². The first-order chi connectivity index (χ1) is 4.27. The van der Waals surface area contributed by atoms with Crippen LogP contribution in [0.15, 0.2) is 0 Å². The summed E-state index contributed by atoms with van der Waals surface area (Å²) < 4.78 is 4.78. The lowest BCUT2D eigenvalue weighted by Gasteiger charge is -1.99. The van der Waals surface area contributed by atoms with Gasteiger partial charge in [0.05, 0.1) is 6.07 Å². The molecule has 0 saturated heterocycles. The third-order valence-electron chi connectivity index (χ3n) is 0.785. The standard InChI is InChI=1S/C5H10NO2Si/c1-9(7)8-5-3-2-4-6/h9H,2-3,5H2,1H3. The van der Waals surface area contributed by atoms with Crippen LogP contribution >= 0.6 is 0 Å². The second-order valence-corrected chi connectivity index (χ2v) is 3.17. The Labute approximate surface area is 56.7 Å². The van der Waals surface area contributed by atoms with Crippen LogP contribution < -0.4 is 0 Å². The third kappa shape index (κ3) is 7.63. The molecular weight excluding hydrogens is 134 g/mol. The van der Waals surface area contributed by atoms with Crippen molar-refractivity contribution in [2.45, 2.75) is 19.4 Å². The lowest BCUT2D eigenvalue weighted by molar-refractivity contribution is 0.232. The number of hydrogen-bond acceptors (Lipinski definition) is 2. The average Bonchev–Trinajstić information content (AvgIpc) is 1.80. The normalized spacial score (nSPS) is 12.6. The van der Waals surface area contributed by atoms with Crippen LogP contribution in [-0.2, 0) is 9.22 Å². The molecule has 51 valence electrons. The Morgan fingerprint density at radius 3 is 2.89 bits per heavy atom. The molecule has 4 heteroatoms. The predicted octanol–water partition coefficient (Wildman–Crippen LogP) is 0.588. The Morgan fingerprint density at radius 1 is 1.78 bits per heavy atom. The van der Waals surface area contributed by atoms with Crippen LogP contribution in [0, 0.1) is 11.3 Å². The molecule has 0 aliphatic rings. The van der Waals surface area contributed by atoms with Gasteiger partial charge in [0, 0.05) is 13.0 Å². The van der Waals surface area contributed by atoms with E-state index < -0.39 is 9.28 Å². The van der Waals surface area contributed by atoms with Gasteiger partial charge in [-0.05, 0) is 13.0 Å². The largest absolute Gasteiger partial charge is 0.395 e. The average molecular weight is 144 g/mol. The van der Waals surface area contributed by atoms with E-state index in [4.69, 9.17) is 9.69 Å². The van der Waals surface area contributed by atoms with Crippen LogP contribution in [0.25, 0.3) is 0 Å². The van der Waals surface area contributed by atoms with Crippen molar-refractivity contribution in [3.8, 4) is 6.07 Å². The molecular formula is C5H10NO2Si. The van der Waals surface area contributed by atoms with E-state index in [1.54, 1.807) is 6.55 Å². The third-order valence-corrected chi connectivity index (χ3v) is 1.49. The van der Waals surface area contributed by atoms with Gasteiger partial charge in [0.1, 0.15) is 0 Å². The van der Waals surface area contributed by atoms with E-state index in [2.05, 4.69) is 0 Å². The van der Waals surface area contributed by atoms with Crippen LogP contribution in [0.2, 0.25) is 6.55 Å². The van der Waals surface area contributed by atoms with Crippen molar-refractivity contribution >= 4 is 9.28 Å². The zero-order valence-corrected chi connectivity index (χ0v) is 6.62. The van der Waals surface area contributed by atoms with Crippen LogP contribution in [-0.4, -0.2) is 15.9 Å². The molecule has 0 bridgehead atoms. The summed E-state index contributed by atoms with van der Waals surface area (Å²) >= 11 is 0. The first-order valence-corrected chi connectivity index (χ1v) is 5.01. The Hall–Kier alpha value is -0.373. The summed E-state index contributed by atoms with van der Waals surface area (Å²) in [6.45, 7) is 2.04. The van der Waals surface area contributed by atoms with Crippen molar-refractivity contribution < 1.29 is 9.22 Å². The molecule has 1 atom stereocenters. The molecule has 0 amide bonds. The van der Waals surface area contributed by atoms with Gasteiger partial charge in [-0.3, -0.25) is 4.80 Å². The van der Waals surface area contributed by atoms with Gasteiger partial charge in [-0.25, -0.2) is 0 Å². The minimum absolute atomic E-state index is 0.463. The molecule has 0 rings (SSSR count). The van der Waals surface area contributed by atoms with Gasteiger partial charge < -0.3 is 4.43 Å². The van der Waals surface area contributed by atoms with Gasteiger partial charge in [0.2, 0.25) is 0 Å². The van der Waals surface area contributed by atoms with E-state index >= 15 is 0 Å². The van der Waals surface area contributed by atoms with E-state index in [9.17, 15) is 4.80 Å². The molecule has 1 radical (unpaired) electrons. The molecule has 0 aromatic heterocycles. The van der Waals surface area contributed by atoms with Crippen molar-refractivity contribution in [3.63, 3.8) is 0 Å². The molecule has 0 aliphatic carbocycles. The number of nitrogens with zero attached hydrogens (tertiary/aromatic N) is 1. The van der Waals surface area contributed by atoms with Crippen molar-refractivity contribution in [1.82, 2.24) is 0 Å². The highest BCUT2D eigenvalue weighted by Crippen LogP contribution is 1.88. The predicted molar refractivity (Wildman–Crippen MR) is 34.5 cm³/mol. The molecule has 0 spiro atoms. The number of rotatable bonds is 4. The highest BCUT2D eigenvalue weighted by molar-refractivity contribution is 6.40. The van der Waals surface area contributed by atoms with E-state index in [1.807, 2.05) is 6.07 Å². The van der Waals surface area contributed by atoms with Gasteiger partial charge in [-0.2, -0.15) is 5.26 Å². The van der Waals surface area contributed by atoms with Crippen LogP contribution in [0.3, 0.4) is 0 Å². The molecule has 0 aromatic carbocycles.